The molecule has 0 unspecified atom stereocenters. The van der Waals surface area contributed by atoms with E-state index in [9.17, 15) is 4.79 Å². The number of aromatic nitrogens is 2. The molecule has 7 heteroatoms. The van der Waals surface area contributed by atoms with Crippen molar-refractivity contribution in [3.05, 3.63) is 5.01 Å². The Morgan fingerprint density at radius 2 is 1.83 bits per heavy atom. The van der Waals surface area contributed by atoms with Gasteiger partial charge in [0.05, 0.1) is 13.3 Å². The summed E-state index contributed by atoms with van der Waals surface area (Å²) in [5.74, 6) is 0. The fraction of sp³-hybridized carbons (Fsp3) is 0.727. The van der Waals surface area contributed by atoms with Crippen LogP contribution < -0.4 is 4.90 Å². The van der Waals surface area contributed by atoms with E-state index in [-0.39, 0.29) is 11.4 Å². The molecule has 1 saturated heterocycles. The van der Waals surface area contributed by atoms with E-state index in [1.807, 2.05) is 7.05 Å². The lowest BCUT2D eigenvalue weighted by molar-refractivity contribution is 0.148. The molecule has 2 heterocycles. The third-order valence-electron chi connectivity index (χ3n) is 2.68. The van der Waals surface area contributed by atoms with Crippen molar-refractivity contribution in [2.45, 2.75) is 26.2 Å². The number of anilines is 1. The predicted molar refractivity (Wildman–Crippen MR) is 71.7 cm³/mol. The van der Waals surface area contributed by atoms with Crippen LogP contribution in [0.4, 0.5) is 9.93 Å². The number of rotatable bonds is 1. The van der Waals surface area contributed by atoms with Crippen LogP contribution in [0.25, 0.3) is 0 Å². The topological polar surface area (TPSA) is 52.6 Å². The molecule has 1 aliphatic rings. The van der Waals surface area contributed by atoms with Crippen molar-refractivity contribution in [3.8, 4) is 0 Å². The van der Waals surface area contributed by atoms with Gasteiger partial charge in [0, 0.05) is 12.5 Å². The maximum absolute atomic E-state index is 12.1. The quantitative estimate of drug-likeness (QED) is 0.776. The van der Waals surface area contributed by atoms with Crippen molar-refractivity contribution >= 4 is 22.5 Å². The van der Waals surface area contributed by atoms with Gasteiger partial charge in [0.25, 0.3) is 0 Å². The molecule has 1 aromatic heterocycles. The van der Waals surface area contributed by atoms with E-state index in [1.165, 1.54) is 11.3 Å². The van der Waals surface area contributed by atoms with Crippen molar-refractivity contribution in [2.24, 2.45) is 0 Å². The van der Waals surface area contributed by atoms with Gasteiger partial charge < -0.3 is 4.90 Å². The van der Waals surface area contributed by atoms with Crippen LogP contribution in [0.2, 0.25) is 0 Å². The van der Waals surface area contributed by atoms with Crippen LogP contribution in [0.3, 0.4) is 0 Å². The van der Waals surface area contributed by atoms with Crippen LogP contribution in [0.1, 0.15) is 25.8 Å². The first-order valence-electron chi connectivity index (χ1n) is 5.84. The summed E-state index contributed by atoms with van der Waals surface area (Å²) >= 11 is 1.48. The predicted octanol–water partition coefficient (Wildman–Crippen LogP) is 1.55. The fourth-order valence-electron chi connectivity index (χ4n) is 1.75. The lowest BCUT2D eigenvalue weighted by Crippen LogP contribution is -2.55. The molecule has 1 aliphatic heterocycles. The Morgan fingerprint density at radius 1 is 1.17 bits per heavy atom. The van der Waals surface area contributed by atoms with Crippen molar-refractivity contribution in [1.29, 1.82) is 0 Å². The number of hydrogen-bond acceptors (Lipinski definition) is 5. The maximum atomic E-state index is 12.1. The molecular formula is C11H19N5OS. The summed E-state index contributed by atoms with van der Waals surface area (Å²) in [5.41, 5.74) is -0.0352. The molecule has 0 radical (unpaired) electrons. The van der Waals surface area contributed by atoms with E-state index < -0.39 is 0 Å². The summed E-state index contributed by atoms with van der Waals surface area (Å²) in [7, 11) is 3.76. The molecular weight excluding hydrogens is 250 g/mol. The Bertz CT molecular complexity index is 453. The molecule has 18 heavy (non-hydrogen) atoms. The summed E-state index contributed by atoms with van der Waals surface area (Å²) in [6.07, 6.45) is 0. The molecule has 2 amide bonds. The second kappa shape index (κ2) is 4.47. The van der Waals surface area contributed by atoms with Gasteiger partial charge in [-0.15, -0.1) is 10.2 Å². The number of nitrogens with zero attached hydrogens (tertiary/aromatic N) is 5. The molecule has 6 nitrogen and oxygen atoms in total. The molecule has 0 N–H and O–H groups in total. The average molecular weight is 269 g/mol. The first-order valence-corrected chi connectivity index (χ1v) is 6.66. The lowest BCUT2D eigenvalue weighted by atomic mass is 9.98. The third-order valence-corrected chi connectivity index (χ3v) is 4.05. The molecule has 0 atom stereocenters. The summed E-state index contributed by atoms with van der Waals surface area (Å²) in [5, 5.41) is 9.95. The monoisotopic (exact) mass is 269 g/mol. The average Bonchev–Trinajstić information content (AvgIpc) is 2.71. The largest absolute Gasteiger partial charge is 0.328 e. The summed E-state index contributed by atoms with van der Waals surface area (Å²) in [4.78, 5) is 17.5. The molecule has 0 saturated carbocycles. The van der Waals surface area contributed by atoms with E-state index in [4.69, 9.17) is 0 Å². The second-order valence-electron chi connectivity index (χ2n) is 5.69. The minimum absolute atomic E-state index is 0.0234. The molecule has 0 aliphatic carbocycles. The van der Waals surface area contributed by atoms with Gasteiger partial charge in [0.2, 0.25) is 5.13 Å². The zero-order valence-corrected chi connectivity index (χ0v) is 12.3. The van der Waals surface area contributed by atoms with Crippen LogP contribution in [-0.2, 0) is 5.41 Å². The van der Waals surface area contributed by atoms with Crippen LogP contribution in [0, 0.1) is 0 Å². The normalized spacial score (nSPS) is 18.6. The SMILES string of the molecule is CN1CN(C)C(=O)N(c2nnc(C(C)(C)C)s2)C1. The van der Waals surface area contributed by atoms with Crippen LogP contribution in [-0.4, -0.2) is 53.5 Å². The van der Waals surface area contributed by atoms with E-state index in [2.05, 4.69) is 35.9 Å². The highest BCUT2D eigenvalue weighted by Crippen LogP contribution is 2.30. The summed E-state index contributed by atoms with van der Waals surface area (Å²) < 4.78 is 0. The number of urea groups is 1. The van der Waals surface area contributed by atoms with Crippen LogP contribution in [0.15, 0.2) is 0 Å². The van der Waals surface area contributed by atoms with Gasteiger partial charge in [-0.3, -0.25) is 9.80 Å². The van der Waals surface area contributed by atoms with Gasteiger partial charge in [-0.05, 0) is 7.05 Å². The lowest BCUT2D eigenvalue weighted by Gasteiger charge is -2.37. The Morgan fingerprint density at radius 3 is 2.39 bits per heavy atom. The highest BCUT2D eigenvalue weighted by molar-refractivity contribution is 7.15. The molecule has 0 aromatic carbocycles. The zero-order valence-electron chi connectivity index (χ0n) is 11.5. The molecule has 0 bridgehead atoms. The van der Waals surface area contributed by atoms with Gasteiger partial charge in [-0.1, -0.05) is 32.1 Å². The van der Waals surface area contributed by atoms with Gasteiger partial charge in [-0.2, -0.15) is 0 Å². The molecule has 1 fully saturated rings. The first kappa shape index (κ1) is 13.2. The van der Waals surface area contributed by atoms with E-state index in [0.29, 0.717) is 18.5 Å². The molecule has 1 aromatic rings. The standard InChI is InChI=1S/C11H19N5OS/c1-11(2,3)8-12-13-9(18-8)16-7-14(4)6-15(5)10(16)17/h6-7H2,1-5H3. The van der Waals surface area contributed by atoms with Gasteiger partial charge in [0.15, 0.2) is 0 Å². The highest BCUT2D eigenvalue weighted by atomic mass is 32.1. The molecule has 100 valence electrons. The zero-order chi connectivity index (χ0) is 13.5. The summed E-state index contributed by atoms with van der Waals surface area (Å²) in [6.45, 7) is 7.47. The van der Waals surface area contributed by atoms with Crippen molar-refractivity contribution in [2.75, 3.05) is 32.3 Å². The Balaban J connectivity index is 2.25. The molecule has 2 rings (SSSR count). The van der Waals surface area contributed by atoms with Crippen molar-refractivity contribution in [3.63, 3.8) is 0 Å². The number of hydrogen-bond donors (Lipinski definition) is 0. The Labute approximate surface area is 111 Å². The fourth-order valence-corrected chi connectivity index (χ4v) is 2.63. The summed E-state index contributed by atoms with van der Waals surface area (Å²) in [6, 6.07) is -0.0234. The highest BCUT2D eigenvalue weighted by Gasteiger charge is 2.30. The van der Waals surface area contributed by atoms with Gasteiger partial charge in [-0.25, -0.2) is 4.79 Å². The van der Waals surface area contributed by atoms with Crippen molar-refractivity contribution in [1.82, 2.24) is 20.0 Å². The molecule has 0 spiro atoms. The van der Waals surface area contributed by atoms with E-state index in [0.717, 1.165) is 5.01 Å². The van der Waals surface area contributed by atoms with Crippen LogP contribution >= 0.6 is 11.3 Å². The third kappa shape index (κ3) is 2.46. The van der Waals surface area contributed by atoms with E-state index >= 15 is 0 Å². The number of carbonyl (C=O) groups is 1. The van der Waals surface area contributed by atoms with Crippen LogP contribution in [0.5, 0.6) is 0 Å². The maximum Gasteiger partial charge on any atom is 0.328 e. The van der Waals surface area contributed by atoms with Gasteiger partial charge in [0.1, 0.15) is 5.01 Å². The second-order valence-corrected chi connectivity index (χ2v) is 6.64. The van der Waals surface area contributed by atoms with Crippen molar-refractivity contribution < 1.29 is 4.79 Å². The van der Waals surface area contributed by atoms with Gasteiger partial charge >= 0.3 is 6.03 Å². The Kier molecular flexibility index (Phi) is 3.29. The minimum atomic E-state index is -0.0352. The number of amides is 2. The van der Waals surface area contributed by atoms with E-state index in [1.54, 1.807) is 16.8 Å². The Hall–Kier alpha value is -1.21. The number of carbonyl (C=O) groups excluding carboxylic acids is 1. The smallest absolute Gasteiger partial charge is 0.314 e. The minimum Gasteiger partial charge on any atom is -0.314 e. The first-order chi connectivity index (χ1) is 8.29.